The maximum atomic E-state index is 13.9. The Morgan fingerprint density at radius 1 is 0.710 bits per heavy atom. The molecule has 0 spiro atoms. The van der Waals surface area contributed by atoms with Crippen molar-refractivity contribution in [3.05, 3.63) is 108 Å². The lowest BCUT2D eigenvalue weighted by Crippen LogP contribution is -2.28. The Balaban J connectivity index is 1.44. The number of hydrogen-bond acceptors (Lipinski definition) is 2. The fourth-order valence-corrected chi connectivity index (χ4v) is 3.32. The number of amides is 3. The number of fused-ring (bicyclic) bond motifs is 1. The molecule has 3 N–H and O–H groups in total. The van der Waals surface area contributed by atoms with Crippen LogP contribution in [0.4, 0.5) is 20.6 Å². The van der Waals surface area contributed by atoms with Crippen LogP contribution in [-0.2, 0) is 6.54 Å². The summed E-state index contributed by atoms with van der Waals surface area (Å²) in [6, 6.07) is 26.0. The van der Waals surface area contributed by atoms with Gasteiger partial charge in [-0.1, -0.05) is 66.7 Å². The SMILES string of the molecule is O=C(NCc1cccc2ccccc12)Nc1ccccc1NC(=O)c1ccccc1F. The molecule has 0 unspecified atom stereocenters. The first-order valence-electron chi connectivity index (χ1n) is 9.78. The van der Waals surface area contributed by atoms with E-state index >= 15 is 0 Å². The van der Waals surface area contributed by atoms with Crippen molar-refractivity contribution < 1.29 is 14.0 Å². The first kappa shape index (κ1) is 20.1. The number of para-hydroxylation sites is 2. The Morgan fingerprint density at radius 2 is 1.35 bits per heavy atom. The summed E-state index contributed by atoms with van der Waals surface area (Å²) >= 11 is 0. The van der Waals surface area contributed by atoms with Crippen molar-refractivity contribution in [2.75, 3.05) is 10.6 Å². The largest absolute Gasteiger partial charge is 0.334 e. The number of halogens is 1. The maximum absolute atomic E-state index is 13.9. The van der Waals surface area contributed by atoms with Gasteiger partial charge in [0.05, 0.1) is 16.9 Å². The van der Waals surface area contributed by atoms with Crippen LogP contribution in [0.2, 0.25) is 0 Å². The summed E-state index contributed by atoms with van der Waals surface area (Å²) in [5.74, 6) is -1.21. The molecule has 4 aromatic rings. The summed E-state index contributed by atoms with van der Waals surface area (Å²) in [4.78, 5) is 24.9. The molecule has 0 fully saturated rings. The molecule has 0 aliphatic heterocycles. The van der Waals surface area contributed by atoms with Crippen molar-refractivity contribution in [1.82, 2.24) is 5.32 Å². The van der Waals surface area contributed by atoms with Crippen molar-refractivity contribution in [3.8, 4) is 0 Å². The summed E-state index contributed by atoms with van der Waals surface area (Å²) in [5.41, 5.74) is 1.70. The lowest BCUT2D eigenvalue weighted by atomic mass is 10.0. The fraction of sp³-hybridized carbons (Fsp3) is 0.0400. The number of carbonyl (C=O) groups excluding carboxylic acids is 2. The van der Waals surface area contributed by atoms with Gasteiger partial charge in [-0.05, 0) is 40.6 Å². The minimum absolute atomic E-state index is 0.0716. The summed E-state index contributed by atoms with van der Waals surface area (Å²) < 4.78 is 13.9. The van der Waals surface area contributed by atoms with Crippen LogP contribution in [0.25, 0.3) is 10.8 Å². The van der Waals surface area contributed by atoms with Crippen LogP contribution in [0, 0.1) is 5.82 Å². The minimum Gasteiger partial charge on any atom is -0.334 e. The predicted molar refractivity (Wildman–Crippen MR) is 121 cm³/mol. The molecule has 0 aromatic heterocycles. The van der Waals surface area contributed by atoms with E-state index in [1.807, 2.05) is 42.5 Å². The summed E-state index contributed by atoms with van der Waals surface area (Å²) in [7, 11) is 0. The second-order valence-electron chi connectivity index (χ2n) is 6.93. The Bertz CT molecular complexity index is 1250. The predicted octanol–water partition coefficient (Wildman–Crippen LogP) is 5.55. The van der Waals surface area contributed by atoms with E-state index in [2.05, 4.69) is 16.0 Å². The van der Waals surface area contributed by atoms with Crippen molar-refractivity contribution in [1.29, 1.82) is 0 Å². The third-order valence-electron chi connectivity index (χ3n) is 4.86. The Kier molecular flexibility index (Phi) is 5.89. The first-order chi connectivity index (χ1) is 15.1. The molecule has 4 rings (SSSR count). The zero-order chi connectivity index (χ0) is 21.6. The van der Waals surface area contributed by atoms with E-state index in [1.54, 1.807) is 30.3 Å². The van der Waals surface area contributed by atoms with E-state index in [4.69, 9.17) is 0 Å². The van der Waals surface area contributed by atoms with Crippen LogP contribution in [0.3, 0.4) is 0 Å². The van der Waals surface area contributed by atoms with Gasteiger partial charge in [0.25, 0.3) is 5.91 Å². The molecular weight excluding hydrogens is 393 g/mol. The molecule has 5 nitrogen and oxygen atoms in total. The Labute approximate surface area is 178 Å². The number of benzene rings is 4. The number of rotatable bonds is 5. The van der Waals surface area contributed by atoms with E-state index < -0.39 is 17.8 Å². The minimum atomic E-state index is -0.613. The molecule has 0 saturated heterocycles. The normalized spacial score (nSPS) is 10.5. The van der Waals surface area contributed by atoms with Gasteiger partial charge in [0.15, 0.2) is 0 Å². The molecular formula is C25H20FN3O2. The van der Waals surface area contributed by atoms with Crippen LogP contribution in [0.5, 0.6) is 0 Å². The monoisotopic (exact) mass is 413 g/mol. The molecule has 154 valence electrons. The highest BCUT2D eigenvalue weighted by atomic mass is 19.1. The zero-order valence-corrected chi connectivity index (χ0v) is 16.6. The van der Waals surface area contributed by atoms with Crippen molar-refractivity contribution in [3.63, 3.8) is 0 Å². The summed E-state index contributed by atoms with van der Waals surface area (Å²) in [6.07, 6.45) is 0. The molecule has 0 saturated carbocycles. The molecule has 6 heteroatoms. The van der Waals surface area contributed by atoms with Crippen molar-refractivity contribution in [2.24, 2.45) is 0 Å². The standard InChI is InChI=1S/C25H20FN3O2/c26-21-13-4-3-12-20(21)24(30)28-22-14-5-6-15-23(22)29-25(31)27-16-18-10-7-9-17-8-1-2-11-19(17)18/h1-15H,16H2,(H,28,30)(H2,27,29,31). The average molecular weight is 413 g/mol. The molecule has 4 aromatic carbocycles. The van der Waals surface area contributed by atoms with Crippen LogP contribution in [0.1, 0.15) is 15.9 Å². The summed E-state index contributed by atoms with van der Waals surface area (Å²) in [6.45, 7) is 0.344. The number of hydrogen-bond donors (Lipinski definition) is 3. The number of urea groups is 1. The van der Waals surface area contributed by atoms with Gasteiger partial charge in [0.1, 0.15) is 5.82 Å². The lowest BCUT2D eigenvalue weighted by Gasteiger charge is -2.14. The summed E-state index contributed by atoms with van der Waals surface area (Å²) in [5, 5.41) is 10.4. The Hall–Kier alpha value is -4.19. The Morgan fingerprint density at radius 3 is 2.16 bits per heavy atom. The van der Waals surface area contributed by atoms with Gasteiger partial charge in [0, 0.05) is 6.54 Å². The molecule has 0 atom stereocenters. The van der Waals surface area contributed by atoms with Crippen LogP contribution >= 0.6 is 0 Å². The second-order valence-corrected chi connectivity index (χ2v) is 6.93. The first-order valence-corrected chi connectivity index (χ1v) is 9.78. The van der Waals surface area contributed by atoms with E-state index in [9.17, 15) is 14.0 Å². The van der Waals surface area contributed by atoms with Gasteiger partial charge in [-0.3, -0.25) is 4.79 Å². The third kappa shape index (κ3) is 4.70. The number of nitrogens with one attached hydrogen (secondary N) is 3. The van der Waals surface area contributed by atoms with Gasteiger partial charge in [-0.15, -0.1) is 0 Å². The molecule has 0 bridgehead atoms. The average Bonchev–Trinajstić information content (AvgIpc) is 2.79. The van der Waals surface area contributed by atoms with Crippen LogP contribution in [-0.4, -0.2) is 11.9 Å². The van der Waals surface area contributed by atoms with Gasteiger partial charge < -0.3 is 16.0 Å². The number of carbonyl (C=O) groups is 2. The van der Waals surface area contributed by atoms with E-state index in [0.29, 0.717) is 17.9 Å². The van der Waals surface area contributed by atoms with Gasteiger partial charge in [0.2, 0.25) is 0 Å². The number of anilines is 2. The maximum Gasteiger partial charge on any atom is 0.319 e. The van der Waals surface area contributed by atoms with Crippen LogP contribution < -0.4 is 16.0 Å². The second kappa shape index (κ2) is 9.09. The lowest BCUT2D eigenvalue weighted by molar-refractivity contribution is 0.102. The van der Waals surface area contributed by atoms with E-state index in [-0.39, 0.29) is 5.56 Å². The highest BCUT2D eigenvalue weighted by molar-refractivity contribution is 6.07. The highest BCUT2D eigenvalue weighted by Gasteiger charge is 2.14. The highest BCUT2D eigenvalue weighted by Crippen LogP contribution is 2.23. The molecule has 3 amide bonds. The topological polar surface area (TPSA) is 70.2 Å². The van der Waals surface area contributed by atoms with Crippen molar-refractivity contribution in [2.45, 2.75) is 6.54 Å². The fourth-order valence-electron chi connectivity index (χ4n) is 3.32. The molecule has 31 heavy (non-hydrogen) atoms. The smallest absolute Gasteiger partial charge is 0.319 e. The van der Waals surface area contributed by atoms with E-state index in [1.165, 1.54) is 18.2 Å². The van der Waals surface area contributed by atoms with E-state index in [0.717, 1.165) is 16.3 Å². The molecule has 0 heterocycles. The van der Waals surface area contributed by atoms with Gasteiger partial charge in [-0.2, -0.15) is 0 Å². The molecule has 0 radical (unpaired) electrons. The van der Waals surface area contributed by atoms with Crippen LogP contribution in [0.15, 0.2) is 91.0 Å². The molecule has 0 aliphatic carbocycles. The van der Waals surface area contributed by atoms with Gasteiger partial charge >= 0.3 is 6.03 Å². The molecule has 0 aliphatic rings. The quantitative estimate of drug-likeness (QED) is 0.401. The van der Waals surface area contributed by atoms with Gasteiger partial charge in [-0.25, -0.2) is 9.18 Å². The van der Waals surface area contributed by atoms with Crippen molar-refractivity contribution >= 4 is 34.1 Å². The zero-order valence-electron chi connectivity index (χ0n) is 16.6. The third-order valence-corrected chi connectivity index (χ3v) is 4.86.